The molecule has 0 saturated carbocycles. The molecular formula is C43H44Cl4N9NaO6. The van der Waals surface area contributed by atoms with Crippen molar-refractivity contribution in [1.82, 2.24) is 29.9 Å². The molecule has 15 nitrogen and oxygen atoms in total. The Hall–Kier alpha value is -5.65. The van der Waals surface area contributed by atoms with Gasteiger partial charge in [-0.25, -0.2) is 29.9 Å². The Kier molecular flexibility index (Phi) is 27.4. The number of nitrogen functional groups attached to an aromatic ring is 1. The van der Waals surface area contributed by atoms with Gasteiger partial charge in [0.25, 0.3) is 0 Å². The minimum absolute atomic E-state index is 0. The number of carbonyl (C=O) groups is 1. The average Bonchev–Trinajstić information content (AvgIpc) is 3.22. The molecule has 3 aromatic heterocycles. The zero-order valence-corrected chi connectivity index (χ0v) is 39.9. The summed E-state index contributed by atoms with van der Waals surface area (Å²) < 4.78 is 16.3. The molecule has 6 rings (SSSR count). The van der Waals surface area contributed by atoms with Crippen LogP contribution >= 0.6 is 46.4 Å². The van der Waals surface area contributed by atoms with Gasteiger partial charge in [0.05, 0.1) is 0 Å². The molecule has 3 aromatic carbocycles. The third-order valence-corrected chi connectivity index (χ3v) is 7.91. The van der Waals surface area contributed by atoms with Crippen LogP contribution in [0.2, 0.25) is 20.9 Å². The second kappa shape index (κ2) is 31.2. The largest absolute Gasteiger partial charge is 1.00 e. The van der Waals surface area contributed by atoms with E-state index in [2.05, 4.69) is 60.3 Å². The summed E-state index contributed by atoms with van der Waals surface area (Å²) in [6.45, 7) is 18.2. The number of anilines is 5. The molecule has 0 saturated heterocycles. The van der Waals surface area contributed by atoms with Crippen LogP contribution < -0.4 is 65.2 Å². The summed E-state index contributed by atoms with van der Waals surface area (Å²) in [6.07, 6.45) is 7.73. The third kappa shape index (κ3) is 24.0. The molecule has 0 bridgehead atoms. The van der Waals surface area contributed by atoms with Crippen molar-refractivity contribution >= 4 is 81.4 Å². The van der Waals surface area contributed by atoms with Gasteiger partial charge in [-0.2, -0.15) is 0 Å². The van der Waals surface area contributed by atoms with Gasteiger partial charge < -0.3 is 45.6 Å². The minimum Gasteiger partial charge on any atom is -0.565 e. The van der Waals surface area contributed by atoms with Gasteiger partial charge in [-0.1, -0.05) is 79.4 Å². The predicted molar refractivity (Wildman–Crippen MR) is 246 cm³/mol. The van der Waals surface area contributed by atoms with Crippen LogP contribution in [0.1, 0.15) is 16.7 Å². The standard InChI is InChI=1S/2C14H14ClN3O.C10H13NO.C4H2Cl2N2.CH2O3.Na/c1-3-8-19-11-5-4-10(2)12(9-11)17-13-6-7-16-14(15)18-13;1-3-8-19-11-5-4-10(2)12(9-11)17-14-16-7-6-13(15)18-14;1-3-6-12-9-5-4-8(2)10(11)7-9;5-3-1-2-7-4(6)8-3;2-1(3)4;/h2*3-7,9H,1,8H2,2H3,(H,16,17,18);3-5,7H,1,6,11H2,2H3;1-2H;(H2,2,3,4);/q;;;;;+1/p-1. The Morgan fingerprint density at radius 1 is 0.651 bits per heavy atom. The van der Waals surface area contributed by atoms with Crippen molar-refractivity contribution in [3.63, 3.8) is 0 Å². The molecule has 0 spiro atoms. The van der Waals surface area contributed by atoms with Crippen LogP contribution in [-0.2, 0) is 0 Å². The maximum Gasteiger partial charge on any atom is 1.00 e. The number of carboxylic acid groups (broad SMARTS) is 2. The number of ether oxygens (including phenoxy) is 3. The molecule has 0 unspecified atom stereocenters. The molecule has 5 N–H and O–H groups in total. The Morgan fingerprint density at radius 2 is 1.06 bits per heavy atom. The van der Waals surface area contributed by atoms with Crippen LogP contribution in [0.4, 0.5) is 33.6 Å². The van der Waals surface area contributed by atoms with Gasteiger partial charge >= 0.3 is 29.6 Å². The van der Waals surface area contributed by atoms with Crippen molar-refractivity contribution in [3.8, 4) is 17.2 Å². The summed E-state index contributed by atoms with van der Waals surface area (Å²) in [5, 5.41) is 22.8. The zero-order chi connectivity index (χ0) is 45.9. The van der Waals surface area contributed by atoms with E-state index in [1.807, 2.05) is 75.4 Å². The predicted octanol–water partition coefficient (Wildman–Crippen LogP) is 7.31. The van der Waals surface area contributed by atoms with Crippen molar-refractivity contribution < 1.29 is 58.8 Å². The van der Waals surface area contributed by atoms with Crippen LogP contribution in [0.3, 0.4) is 0 Å². The number of aryl methyl sites for hydroxylation is 3. The summed E-state index contributed by atoms with van der Waals surface area (Å²) in [6, 6.07) is 22.2. The molecule has 0 aliphatic heterocycles. The van der Waals surface area contributed by atoms with Crippen molar-refractivity contribution in [2.24, 2.45) is 0 Å². The van der Waals surface area contributed by atoms with E-state index in [1.54, 1.807) is 48.8 Å². The van der Waals surface area contributed by atoms with Gasteiger partial charge in [0.2, 0.25) is 22.7 Å². The van der Waals surface area contributed by atoms with Gasteiger partial charge in [0.1, 0.15) is 53.2 Å². The van der Waals surface area contributed by atoms with Crippen LogP contribution in [0.15, 0.2) is 129 Å². The first kappa shape index (κ1) is 55.4. The molecule has 63 heavy (non-hydrogen) atoms. The first-order valence-corrected chi connectivity index (χ1v) is 19.5. The maximum absolute atomic E-state index is 8.44. The Bertz CT molecular complexity index is 2240. The van der Waals surface area contributed by atoms with Crippen molar-refractivity contribution in [2.45, 2.75) is 20.8 Å². The normalized spacial score (nSPS) is 9.38. The van der Waals surface area contributed by atoms with Crippen molar-refractivity contribution in [2.75, 3.05) is 36.2 Å². The number of aromatic nitrogens is 6. The van der Waals surface area contributed by atoms with E-state index in [-0.39, 0.29) is 40.1 Å². The summed E-state index contributed by atoms with van der Waals surface area (Å²) in [5.41, 5.74) is 11.5. The van der Waals surface area contributed by atoms with Crippen LogP contribution in [0.5, 0.6) is 17.2 Å². The zero-order valence-electron chi connectivity index (χ0n) is 34.9. The molecule has 0 fully saturated rings. The quantitative estimate of drug-likeness (QED) is 0.0294. The second-order valence-electron chi connectivity index (χ2n) is 11.8. The number of halogens is 4. The van der Waals surface area contributed by atoms with Gasteiger partial charge in [0.15, 0.2) is 0 Å². The maximum atomic E-state index is 8.44. The minimum atomic E-state index is -2.08. The van der Waals surface area contributed by atoms with Crippen molar-refractivity contribution in [1.29, 1.82) is 0 Å². The third-order valence-electron chi connectivity index (χ3n) is 7.12. The van der Waals surface area contributed by atoms with E-state index in [0.29, 0.717) is 41.9 Å². The average molecular weight is 948 g/mol. The summed E-state index contributed by atoms with van der Waals surface area (Å²) in [5.74, 6) is 3.42. The Labute approximate surface area is 408 Å². The molecule has 6 aromatic rings. The molecule has 0 aliphatic rings. The van der Waals surface area contributed by atoms with Gasteiger partial charge in [0, 0.05) is 53.9 Å². The molecule has 0 atom stereocenters. The first-order valence-electron chi connectivity index (χ1n) is 18.0. The number of rotatable bonds is 13. The van der Waals surface area contributed by atoms with Crippen LogP contribution in [0.25, 0.3) is 0 Å². The van der Waals surface area contributed by atoms with Crippen LogP contribution in [0, 0.1) is 20.8 Å². The molecule has 326 valence electrons. The van der Waals surface area contributed by atoms with Crippen molar-refractivity contribution in [3.05, 3.63) is 167 Å². The fourth-order valence-corrected chi connectivity index (χ4v) is 4.81. The van der Waals surface area contributed by atoms with E-state index < -0.39 is 6.16 Å². The van der Waals surface area contributed by atoms with Gasteiger partial charge in [-0.15, -0.1) is 0 Å². The van der Waals surface area contributed by atoms with Gasteiger partial charge in [-0.3, -0.25) is 0 Å². The Balaban J connectivity index is 0.000000422. The first-order chi connectivity index (χ1) is 29.6. The van der Waals surface area contributed by atoms with Gasteiger partial charge in [-0.05, 0) is 97.1 Å². The number of benzene rings is 3. The van der Waals surface area contributed by atoms with Crippen LogP contribution in [-0.4, -0.2) is 61.0 Å². The molecule has 0 amide bonds. The molecule has 0 radical (unpaired) electrons. The van der Waals surface area contributed by atoms with E-state index in [1.165, 1.54) is 6.20 Å². The topological polar surface area (TPSA) is 215 Å². The van der Waals surface area contributed by atoms with E-state index >= 15 is 0 Å². The molecule has 3 heterocycles. The summed E-state index contributed by atoms with van der Waals surface area (Å²) in [7, 11) is 0. The van der Waals surface area contributed by atoms with E-state index in [9.17, 15) is 0 Å². The number of hydrogen-bond donors (Lipinski definition) is 4. The fourth-order valence-electron chi connectivity index (χ4n) is 4.20. The smallest absolute Gasteiger partial charge is 0.565 e. The molecule has 20 heteroatoms. The number of nitrogens with one attached hydrogen (secondary N) is 2. The molecular weight excluding hydrogens is 903 g/mol. The van der Waals surface area contributed by atoms with E-state index in [4.69, 9.17) is 81.4 Å². The summed E-state index contributed by atoms with van der Waals surface area (Å²) >= 11 is 22.3. The molecule has 0 aliphatic carbocycles. The number of nitrogens with zero attached hydrogens (tertiary/aromatic N) is 6. The summed E-state index contributed by atoms with van der Waals surface area (Å²) in [4.78, 5) is 31.8. The second-order valence-corrected chi connectivity index (χ2v) is 13.3. The Morgan fingerprint density at radius 3 is 1.48 bits per heavy atom. The number of hydrogen-bond acceptors (Lipinski definition) is 14. The number of nitrogens with two attached hydrogens (primary N) is 1. The van der Waals surface area contributed by atoms with E-state index in [0.717, 1.165) is 51.0 Å². The SMILES string of the molecule is C=CCOc1ccc(C)c(N)c1.C=CCOc1ccc(C)c(Nc2ccnc(Cl)n2)c1.C=CCOc1ccc(C)c(Nc2nccc(Cl)n2)c1.Clc1ccnc(Cl)n1.O=C([O-])O.[Na+]. The monoisotopic (exact) mass is 945 g/mol. The fraction of sp³-hybridized carbons (Fsp3) is 0.140.